The van der Waals surface area contributed by atoms with Gasteiger partial charge in [0.15, 0.2) is 0 Å². The van der Waals surface area contributed by atoms with Crippen molar-refractivity contribution in [3.63, 3.8) is 0 Å². The van der Waals surface area contributed by atoms with Crippen LogP contribution in [-0.2, 0) is 9.53 Å². The van der Waals surface area contributed by atoms with Gasteiger partial charge in [0, 0.05) is 13.1 Å². The lowest BCUT2D eigenvalue weighted by Crippen LogP contribution is -2.43. The molecule has 15 heavy (non-hydrogen) atoms. The standard InChI is InChI=1S/C9H16N4O2/c1-7-5-13(3-4-15-7)6-8(14)12-9(10)11-2/h7H,2-6H2,1H3,(H2,10,12,14). The van der Waals surface area contributed by atoms with E-state index in [1.165, 1.54) is 0 Å². The largest absolute Gasteiger partial charge is 0.376 e. The molecular weight excluding hydrogens is 196 g/mol. The van der Waals surface area contributed by atoms with Crippen molar-refractivity contribution in [3.05, 3.63) is 0 Å². The van der Waals surface area contributed by atoms with Crippen molar-refractivity contribution in [1.82, 2.24) is 4.90 Å². The molecule has 0 saturated carbocycles. The zero-order chi connectivity index (χ0) is 11.3. The van der Waals surface area contributed by atoms with E-state index < -0.39 is 0 Å². The lowest BCUT2D eigenvalue weighted by molar-refractivity contribution is -0.120. The molecule has 2 N–H and O–H groups in total. The van der Waals surface area contributed by atoms with Crippen molar-refractivity contribution in [2.45, 2.75) is 13.0 Å². The number of nitrogens with two attached hydrogens (primary N) is 1. The number of nitrogens with zero attached hydrogens (tertiary/aromatic N) is 3. The van der Waals surface area contributed by atoms with E-state index >= 15 is 0 Å². The van der Waals surface area contributed by atoms with Gasteiger partial charge in [-0.1, -0.05) is 0 Å². The molecule has 0 spiro atoms. The topological polar surface area (TPSA) is 80.3 Å². The third-order valence-corrected chi connectivity index (χ3v) is 2.09. The van der Waals surface area contributed by atoms with Crippen molar-refractivity contribution in [2.75, 3.05) is 26.2 Å². The number of carbonyl (C=O) groups is 1. The van der Waals surface area contributed by atoms with E-state index in [4.69, 9.17) is 10.5 Å². The fourth-order valence-corrected chi connectivity index (χ4v) is 1.42. The van der Waals surface area contributed by atoms with Crippen molar-refractivity contribution in [2.24, 2.45) is 15.7 Å². The maximum Gasteiger partial charge on any atom is 0.263 e. The first-order chi connectivity index (χ1) is 7.11. The normalized spacial score (nSPS) is 23.8. The summed E-state index contributed by atoms with van der Waals surface area (Å²) < 4.78 is 5.35. The van der Waals surface area contributed by atoms with Gasteiger partial charge in [-0.05, 0) is 13.6 Å². The minimum absolute atomic E-state index is 0.0821. The Hall–Kier alpha value is -1.27. The molecule has 1 amide bonds. The van der Waals surface area contributed by atoms with Crippen LogP contribution in [0.5, 0.6) is 0 Å². The Balaban J connectivity index is 2.40. The summed E-state index contributed by atoms with van der Waals surface area (Å²) in [5.74, 6) is -0.379. The SMILES string of the molecule is C=NC(N)=NC(=O)CN1CCOC(C)C1. The van der Waals surface area contributed by atoms with Gasteiger partial charge in [-0.25, -0.2) is 4.99 Å². The molecule has 1 aliphatic rings. The predicted octanol–water partition coefficient (Wildman–Crippen LogP) is -0.751. The number of morpholine rings is 1. The number of ether oxygens (including phenoxy) is 1. The number of guanidine groups is 1. The summed E-state index contributed by atoms with van der Waals surface area (Å²) in [4.78, 5) is 20.2. The third kappa shape index (κ3) is 4.18. The quantitative estimate of drug-likeness (QED) is 0.482. The van der Waals surface area contributed by atoms with Crippen molar-refractivity contribution < 1.29 is 9.53 Å². The van der Waals surface area contributed by atoms with Crippen LogP contribution in [0.15, 0.2) is 9.98 Å². The Morgan fingerprint density at radius 3 is 3.07 bits per heavy atom. The van der Waals surface area contributed by atoms with Gasteiger partial charge in [-0.3, -0.25) is 9.69 Å². The van der Waals surface area contributed by atoms with Crippen LogP contribution in [0.3, 0.4) is 0 Å². The molecule has 84 valence electrons. The lowest BCUT2D eigenvalue weighted by atomic mass is 10.3. The number of carbonyl (C=O) groups excluding carboxylic acids is 1. The molecule has 0 aromatic rings. The van der Waals surface area contributed by atoms with Crippen LogP contribution in [0.1, 0.15) is 6.92 Å². The zero-order valence-electron chi connectivity index (χ0n) is 8.85. The molecule has 0 radical (unpaired) electrons. The summed E-state index contributed by atoms with van der Waals surface area (Å²) in [5.41, 5.74) is 5.26. The second-order valence-corrected chi connectivity index (χ2v) is 3.44. The van der Waals surface area contributed by atoms with E-state index in [0.717, 1.165) is 13.1 Å². The molecule has 0 aliphatic carbocycles. The minimum Gasteiger partial charge on any atom is -0.376 e. The molecule has 1 saturated heterocycles. The molecule has 1 atom stereocenters. The summed E-state index contributed by atoms with van der Waals surface area (Å²) in [6.45, 7) is 7.53. The van der Waals surface area contributed by atoms with Crippen molar-refractivity contribution >= 4 is 18.6 Å². The van der Waals surface area contributed by atoms with E-state index in [1.807, 2.05) is 11.8 Å². The number of amides is 1. The second kappa shape index (κ2) is 5.57. The second-order valence-electron chi connectivity index (χ2n) is 3.44. The molecule has 1 unspecified atom stereocenters. The van der Waals surface area contributed by atoms with Gasteiger partial charge < -0.3 is 10.5 Å². The van der Waals surface area contributed by atoms with Gasteiger partial charge in [-0.2, -0.15) is 4.99 Å². The summed E-state index contributed by atoms with van der Waals surface area (Å²) >= 11 is 0. The highest BCUT2D eigenvalue weighted by atomic mass is 16.5. The number of hydrogen-bond donors (Lipinski definition) is 1. The molecule has 6 heteroatoms. The lowest BCUT2D eigenvalue weighted by Gasteiger charge is -2.29. The van der Waals surface area contributed by atoms with Crippen LogP contribution in [0, 0.1) is 0 Å². The first-order valence-electron chi connectivity index (χ1n) is 4.79. The van der Waals surface area contributed by atoms with Gasteiger partial charge in [0.25, 0.3) is 5.91 Å². The van der Waals surface area contributed by atoms with Crippen LogP contribution in [0.25, 0.3) is 0 Å². The highest BCUT2D eigenvalue weighted by Gasteiger charge is 2.18. The van der Waals surface area contributed by atoms with Crippen LogP contribution in [0.2, 0.25) is 0 Å². The molecule has 6 nitrogen and oxygen atoms in total. The Kier molecular flexibility index (Phi) is 4.38. The van der Waals surface area contributed by atoms with E-state index in [-0.39, 0.29) is 24.5 Å². The third-order valence-electron chi connectivity index (χ3n) is 2.09. The Bertz CT molecular complexity index is 277. The van der Waals surface area contributed by atoms with Crippen LogP contribution < -0.4 is 5.73 Å². The minimum atomic E-state index is -0.297. The fourth-order valence-electron chi connectivity index (χ4n) is 1.42. The maximum absolute atomic E-state index is 11.3. The van der Waals surface area contributed by atoms with E-state index in [1.54, 1.807) is 0 Å². The number of aliphatic imine (C=N–C) groups is 2. The Morgan fingerprint density at radius 1 is 1.73 bits per heavy atom. The van der Waals surface area contributed by atoms with Crippen molar-refractivity contribution in [1.29, 1.82) is 0 Å². The van der Waals surface area contributed by atoms with E-state index in [0.29, 0.717) is 6.61 Å². The van der Waals surface area contributed by atoms with Gasteiger partial charge in [-0.15, -0.1) is 0 Å². The Morgan fingerprint density at radius 2 is 2.47 bits per heavy atom. The monoisotopic (exact) mass is 212 g/mol. The van der Waals surface area contributed by atoms with Gasteiger partial charge >= 0.3 is 0 Å². The van der Waals surface area contributed by atoms with Crippen LogP contribution in [-0.4, -0.2) is 55.8 Å². The van der Waals surface area contributed by atoms with Crippen molar-refractivity contribution in [3.8, 4) is 0 Å². The molecular formula is C9H16N4O2. The van der Waals surface area contributed by atoms with Crippen LogP contribution >= 0.6 is 0 Å². The molecule has 1 heterocycles. The summed E-state index contributed by atoms with van der Waals surface area (Å²) in [5, 5.41) is 0. The number of rotatable bonds is 2. The number of hydrogen-bond acceptors (Lipinski definition) is 3. The molecule has 1 fully saturated rings. The van der Waals surface area contributed by atoms with E-state index in [9.17, 15) is 4.79 Å². The molecule has 1 rings (SSSR count). The van der Waals surface area contributed by atoms with Gasteiger partial charge in [0.2, 0.25) is 5.96 Å². The predicted molar refractivity (Wildman–Crippen MR) is 58.0 cm³/mol. The first kappa shape index (κ1) is 11.8. The first-order valence-corrected chi connectivity index (χ1v) is 4.79. The molecule has 0 bridgehead atoms. The fraction of sp³-hybridized carbons (Fsp3) is 0.667. The molecule has 0 aromatic heterocycles. The average Bonchev–Trinajstić information content (AvgIpc) is 2.17. The summed E-state index contributed by atoms with van der Waals surface area (Å²) in [6, 6.07) is 0. The molecule has 0 aromatic carbocycles. The van der Waals surface area contributed by atoms with Crippen LogP contribution in [0.4, 0.5) is 0 Å². The smallest absolute Gasteiger partial charge is 0.263 e. The van der Waals surface area contributed by atoms with Gasteiger partial charge in [0.1, 0.15) is 0 Å². The van der Waals surface area contributed by atoms with E-state index in [2.05, 4.69) is 16.7 Å². The zero-order valence-corrected chi connectivity index (χ0v) is 8.85. The summed E-state index contributed by atoms with van der Waals surface area (Å²) in [7, 11) is 0. The maximum atomic E-state index is 11.3. The highest BCUT2D eigenvalue weighted by molar-refractivity contribution is 5.94. The Labute approximate surface area is 88.8 Å². The average molecular weight is 212 g/mol. The highest BCUT2D eigenvalue weighted by Crippen LogP contribution is 2.03. The molecule has 1 aliphatic heterocycles. The summed E-state index contributed by atoms with van der Waals surface area (Å²) in [6.07, 6.45) is 0.158. The van der Waals surface area contributed by atoms with Gasteiger partial charge in [0.05, 0.1) is 19.3 Å².